The van der Waals surface area contributed by atoms with Gasteiger partial charge in [-0.05, 0) is 24.7 Å². The molecule has 0 bridgehead atoms. The van der Waals surface area contributed by atoms with E-state index in [0.29, 0.717) is 11.5 Å². The van der Waals surface area contributed by atoms with Crippen LogP contribution in [0.5, 0.6) is 0 Å². The molecular formula is C8H15N. The maximum absolute atomic E-state index is 5.83. The maximum Gasteiger partial charge on any atom is 0.0102 e. The van der Waals surface area contributed by atoms with Crippen LogP contribution in [0.3, 0.4) is 0 Å². The zero-order valence-electron chi connectivity index (χ0n) is 5.90. The molecule has 2 rings (SSSR count). The largest absolute Gasteiger partial charge is 0.327 e. The van der Waals surface area contributed by atoms with Gasteiger partial charge < -0.3 is 5.73 Å². The number of hydrogen-bond donors (Lipinski definition) is 1. The van der Waals surface area contributed by atoms with Gasteiger partial charge in [0.15, 0.2) is 0 Å². The first-order valence-electron chi connectivity index (χ1n) is 4.09. The normalized spacial score (nSPS) is 39.0. The third-order valence-corrected chi connectivity index (χ3v) is 3.10. The first kappa shape index (κ1) is 5.72. The lowest BCUT2D eigenvalue weighted by Crippen LogP contribution is -2.16. The van der Waals surface area contributed by atoms with Crippen LogP contribution in [0.15, 0.2) is 0 Å². The Morgan fingerprint density at radius 3 is 2.00 bits per heavy atom. The van der Waals surface area contributed by atoms with Gasteiger partial charge >= 0.3 is 0 Å². The van der Waals surface area contributed by atoms with E-state index < -0.39 is 0 Å². The van der Waals surface area contributed by atoms with Crippen molar-refractivity contribution in [2.24, 2.45) is 11.1 Å². The molecule has 1 heteroatoms. The van der Waals surface area contributed by atoms with Gasteiger partial charge in [0.1, 0.15) is 0 Å². The molecule has 0 aromatic heterocycles. The fraction of sp³-hybridized carbons (Fsp3) is 1.00. The predicted octanol–water partition coefficient (Wildman–Crippen LogP) is 1.67. The van der Waals surface area contributed by atoms with Crippen molar-refractivity contribution in [2.75, 3.05) is 0 Å². The highest BCUT2D eigenvalue weighted by Gasteiger charge is 2.51. The fourth-order valence-electron chi connectivity index (χ4n) is 2.21. The molecule has 0 saturated heterocycles. The Morgan fingerprint density at radius 1 is 1.11 bits per heavy atom. The molecule has 2 aliphatic rings. The molecule has 2 saturated carbocycles. The van der Waals surface area contributed by atoms with Crippen LogP contribution in [0, 0.1) is 5.41 Å². The number of nitrogens with two attached hydrogens (primary N) is 1. The van der Waals surface area contributed by atoms with Gasteiger partial charge in [-0.25, -0.2) is 0 Å². The summed E-state index contributed by atoms with van der Waals surface area (Å²) in [7, 11) is 0. The second-order valence-corrected chi connectivity index (χ2v) is 3.73. The van der Waals surface area contributed by atoms with Crippen molar-refractivity contribution >= 4 is 0 Å². The minimum Gasteiger partial charge on any atom is -0.327 e. The molecule has 0 aromatic rings. The zero-order valence-corrected chi connectivity index (χ0v) is 5.90. The lowest BCUT2D eigenvalue weighted by molar-refractivity contribution is 0.326. The van der Waals surface area contributed by atoms with Gasteiger partial charge in [-0.3, -0.25) is 0 Å². The van der Waals surface area contributed by atoms with Crippen molar-refractivity contribution in [3.8, 4) is 0 Å². The molecule has 52 valence electrons. The van der Waals surface area contributed by atoms with Gasteiger partial charge in [-0.1, -0.05) is 19.3 Å². The van der Waals surface area contributed by atoms with Crippen LogP contribution < -0.4 is 5.73 Å². The molecule has 1 atom stereocenters. The first-order chi connectivity index (χ1) is 4.33. The van der Waals surface area contributed by atoms with Crippen molar-refractivity contribution in [3.05, 3.63) is 0 Å². The van der Waals surface area contributed by atoms with Crippen LogP contribution in [0.4, 0.5) is 0 Å². The van der Waals surface area contributed by atoms with E-state index in [-0.39, 0.29) is 0 Å². The van der Waals surface area contributed by atoms with Gasteiger partial charge in [0.2, 0.25) is 0 Å². The molecule has 0 heterocycles. The average Bonchev–Trinajstić information content (AvgIpc) is 2.44. The highest BCUT2D eigenvalue weighted by molar-refractivity contribution is 5.06. The Morgan fingerprint density at radius 2 is 1.67 bits per heavy atom. The second-order valence-electron chi connectivity index (χ2n) is 3.73. The van der Waals surface area contributed by atoms with Crippen LogP contribution in [0.1, 0.15) is 38.5 Å². The predicted molar refractivity (Wildman–Crippen MR) is 38.1 cm³/mol. The summed E-state index contributed by atoms with van der Waals surface area (Å²) in [6.45, 7) is 0. The molecule has 1 spiro atoms. The molecule has 0 aliphatic heterocycles. The topological polar surface area (TPSA) is 26.0 Å². The van der Waals surface area contributed by atoms with Gasteiger partial charge in [0.25, 0.3) is 0 Å². The molecule has 2 N–H and O–H groups in total. The molecule has 1 nitrogen and oxygen atoms in total. The van der Waals surface area contributed by atoms with Crippen molar-refractivity contribution in [1.82, 2.24) is 0 Å². The van der Waals surface area contributed by atoms with Gasteiger partial charge in [-0.15, -0.1) is 0 Å². The quantitative estimate of drug-likeness (QED) is 0.523. The molecule has 0 radical (unpaired) electrons. The van der Waals surface area contributed by atoms with Crippen LogP contribution in [0.25, 0.3) is 0 Å². The fourth-order valence-corrected chi connectivity index (χ4v) is 2.21. The van der Waals surface area contributed by atoms with Gasteiger partial charge in [0.05, 0.1) is 0 Å². The van der Waals surface area contributed by atoms with Crippen LogP contribution in [-0.4, -0.2) is 6.04 Å². The summed E-state index contributed by atoms with van der Waals surface area (Å²) in [5, 5.41) is 0. The molecule has 0 aromatic carbocycles. The minimum atomic E-state index is 0.581. The Bertz CT molecular complexity index is 114. The van der Waals surface area contributed by atoms with E-state index in [9.17, 15) is 0 Å². The van der Waals surface area contributed by atoms with Crippen LogP contribution in [0.2, 0.25) is 0 Å². The Kier molecular flexibility index (Phi) is 1.10. The average molecular weight is 125 g/mol. The second kappa shape index (κ2) is 1.72. The Labute approximate surface area is 56.6 Å². The molecule has 2 fully saturated rings. The summed E-state index contributed by atoms with van der Waals surface area (Å²) in [5.74, 6) is 0. The van der Waals surface area contributed by atoms with E-state index in [1.165, 1.54) is 38.5 Å². The minimum absolute atomic E-state index is 0.581. The van der Waals surface area contributed by atoms with Crippen LogP contribution in [-0.2, 0) is 0 Å². The molecule has 0 unspecified atom stereocenters. The van der Waals surface area contributed by atoms with E-state index in [2.05, 4.69) is 0 Å². The lowest BCUT2D eigenvalue weighted by Gasteiger charge is -2.20. The van der Waals surface area contributed by atoms with Crippen LogP contribution >= 0.6 is 0 Å². The molecular weight excluding hydrogens is 110 g/mol. The van der Waals surface area contributed by atoms with Crippen molar-refractivity contribution in [1.29, 1.82) is 0 Å². The SMILES string of the molecule is N[C@H]1CC12CCCCC2. The third kappa shape index (κ3) is 0.787. The molecule has 9 heavy (non-hydrogen) atoms. The van der Waals surface area contributed by atoms with Gasteiger partial charge in [-0.2, -0.15) is 0 Å². The lowest BCUT2D eigenvalue weighted by atomic mass is 9.86. The van der Waals surface area contributed by atoms with Crippen molar-refractivity contribution in [2.45, 2.75) is 44.6 Å². The zero-order chi connectivity index (χ0) is 6.32. The summed E-state index contributed by atoms with van der Waals surface area (Å²) >= 11 is 0. The summed E-state index contributed by atoms with van der Waals surface area (Å²) < 4.78 is 0. The van der Waals surface area contributed by atoms with E-state index in [0.717, 1.165) is 0 Å². The van der Waals surface area contributed by atoms with Crippen molar-refractivity contribution < 1.29 is 0 Å². The van der Waals surface area contributed by atoms with E-state index in [1.54, 1.807) is 0 Å². The molecule has 2 aliphatic carbocycles. The van der Waals surface area contributed by atoms with Gasteiger partial charge in [0, 0.05) is 6.04 Å². The summed E-state index contributed by atoms with van der Waals surface area (Å²) in [6, 6.07) is 0.581. The highest BCUT2D eigenvalue weighted by atomic mass is 14.8. The van der Waals surface area contributed by atoms with E-state index >= 15 is 0 Å². The monoisotopic (exact) mass is 125 g/mol. The van der Waals surface area contributed by atoms with E-state index in [1.807, 2.05) is 0 Å². The van der Waals surface area contributed by atoms with E-state index in [4.69, 9.17) is 5.73 Å². The standard InChI is InChI=1S/C8H15N/c9-7-6-8(7)4-2-1-3-5-8/h7H,1-6,9H2/t7-/m0/s1. The summed E-state index contributed by atoms with van der Waals surface area (Å²) in [4.78, 5) is 0. The Balaban J connectivity index is 1.97. The number of rotatable bonds is 0. The number of hydrogen-bond acceptors (Lipinski definition) is 1. The molecule has 0 amide bonds. The Hall–Kier alpha value is -0.0400. The van der Waals surface area contributed by atoms with Crippen molar-refractivity contribution in [3.63, 3.8) is 0 Å². The summed E-state index contributed by atoms with van der Waals surface area (Å²) in [5.41, 5.74) is 6.50. The smallest absolute Gasteiger partial charge is 0.0102 e. The summed E-state index contributed by atoms with van der Waals surface area (Å²) in [6.07, 6.45) is 8.51. The highest BCUT2D eigenvalue weighted by Crippen LogP contribution is 2.54. The third-order valence-electron chi connectivity index (χ3n) is 3.10. The maximum atomic E-state index is 5.83. The first-order valence-corrected chi connectivity index (χ1v) is 4.09.